The number of rotatable bonds is 6. The smallest absolute Gasteiger partial charge is 1.00 e. The molecule has 0 saturated carbocycles. The molecule has 0 aromatic carbocycles. The maximum absolute atomic E-state index is 2.33. The third-order valence-electron chi connectivity index (χ3n) is 1.65. The van der Waals surface area contributed by atoms with Gasteiger partial charge in [0.15, 0.2) is 0 Å². The molecule has 0 amide bonds. The van der Waals surface area contributed by atoms with Gasteiger partial charge in [0.1, 0.15) is 0 Å². The molecule has 11 heavy (non-hydrogen) atoms. The zero-order chi connectivity index (χ0) is 7.82. The van der Waals surface area contributed by atoms with Crippen LogP contribution in [0.1, 0.15) is 40.0 Å². The third-order valence-corrected chi connectivity index (χ3v) is 3.74. The first kappa shape index (κ1) is 14.4. The predicted molar refractivity (Wildman–Crippen MR) is 49.7 cm³/mol. The van der Waals surface area contributed by atoms with Crippen molar-refractivity contribution >= 4 is 15.2 Å². The van der Waals surface area contributed by atoms with Gasteiger partial charge in [-0.05, 0) is 0 Å². The summed E-state index contributed by atoms with van der Waals surface area (Å²) in [7, 11) is 0. The van der Waals surface area contributed by atoms with Crippen LogP contribution in [0.3, 0.4) is 0 Å². The Kier molecular flexibility index (Phi) is 14.1. The van der Waals surface area contributed by atoms with Crippen molar-refractivity contribution in [2.24, 2.45) is 5.92 Å². The minimum atomic E-state index is 0. The van der Waals surface area contributed by atoms with Crippen molar-refractivity contribution < 1.29 is 12.4 Å². The summed E-state index contributed by atoms with van der Waals surface area (Å²) in [5.41, 5.74) is 0. The molecule has 0 aliphatic rings. The van der Waals surface area contributed by atoms with Gasteiger partial charge in [-0.3, -0.25) is 0 Å². The molecule has 0 radical (unpaired) electrons. The molecule has 0 aliphatic carbocycles. The normalized spacial score (nSPS) is 9.09. The number of hydrogen-bond acceptors (Lipinski definition) is 0. The van der Waals surface area contributed by atoms with E-state index in [-0.39, 0.29) is 12.4 Å². The van der Waals surface area contributed by atoms with E-state index >= 15 is 0 Å². The quantitative estimate of drug-likeness (QED) is 0.420. The van der Waals surface area contributed by atoms with Crippen LogP contribution in [0.5, 0.6) is 0 Å². The Morgan fingerprint density at radius 3 is 2.27 bits per heavy atom. The molecule has 0 aliphatic heterocycles. The summed E-state index contributed by atoms with van der Waals surface area (Å²) in [5.74, 6) is 0.941. The fraction of sp³-hybridized carbons (Fsp3) is 1.00. The fourth-order valence-electron chi connectivity index (χ4n) is 0.990. The van der Waals surface area contributed by atoms with Crippen molar-refractivity contribution in [2.45, 2.75) is 50.6 Å². The zero-order valence-electron chi connectivity index (χ0n) is 8.07. The van der Waals surface area contributed by atoms with Crippen molar-refractivity contribution in [2.75, 3.05) is 0 Å². The van der Waals surface area contributed by atoms with Crippen LogP contribution in [0.4, 0.5) is 0 Å². The molecule has 2 heteroatoms. The van der Waals surface area contributed by atoms with Crippen LogP contribution >= 0.6 is 0 Å². The van der Waals surface area contributed by atoms with E-state index < -0.39 is 0 Å². The van der Waals surface area contributed by atoms with E-state index in [0.29, 0.717) is 0 Å². The molecule has 0 atom stereocenters. The summed E-state index contributed by atoms with van der Waals surface area (Å²) in [6.07, 6.45) is 4.31. The van der Waals surface area contributed by atoms with Gasteiger partial charge >= 0.3 is 71.7 Å². The minimum Gasteiger partial charge on any atom is -1.00 e. The van der Waals surface area contributed by atoms with Gasteiger partial charge in [0.25, 0.3) is 0 Å². The summed E-state index contributed by atoms with van der Waals surface area (Å²) < 4.78 is 0. The average Bonchev–Trinajstić information content (AvgIpc) is 1.87. The van der Waals surface area contributed by atoms with E-state index in [9.17, 15) is 0 Å². The Morgan fingerprint density at radius 1 is 1.18 bits per heavy atom. The van der Waals surface area contributed by atoms with Crippen LogP contribution in [0.2, 0.25) is 10.6 Å². The summed E-state index contributed by atoms with van der Waals surface area (Å²) in [6, 6.07) is 0. The van der Waals surface area contributed by atoms with Gasteiger partial charge < -0.3 is 12.4 Å². The van der Waals surface area contributed by atoms with Gasteiger partial charge in [-0.2, -0.15) is 0 Å². The fourth-order valence-corrected chi connectivity index (χ4v) is 2.47. The van der Waals surface area contributed by atoms with E-state index in [0.717, 1.165) is 21.1 Å². The van der Waals surface area contributed by atoms with E-state index in [1.807, 2.05) is 0 Å². The van der Waals surface area contributed by atoms with Gasteiger partial charge in [-0.15, -0.1) is 0 Å². The maximum atomic E-state index is 2.33. The van der Waals surface area contributed by atoms with E-state index in [4.69, 9.17) is 0 Å². The second kappa shape index (κ2) is 10.8. The molecule has 0 bridgehead atoms. The largest absolute Gasteiger partial charge is 1.00 e. The molecule has 0 saturated heterocycles. The van der Waals surface area contributed by atoms with Crippen LogP contribution in [-0.2, 0) is 0 Å². The van der Waals surface area contributed by atoms with Crippen LogP contribution in [0, 0.1) is 5.92 Å². The van der Waals surface area contributed by atoms with Crippen molar-refractivity contribution in [1.82, 2.24) is 0 Å². The first-order valence-corrected chi connectivity index (χ1v) is 6.22. The van der Waals surface area contributed by atoms with E-state index in [2.05, 4.69) is 20.8 Å². The summed E-state index contributed by atoms with van der Waals surface area (Å²) in [6.45, 7) is 6.93. The van der Waals surface area contributed by atoms with Crippen molar-refractivity contribution in [1.29, 1.82) is 0 Å². The topological polar surface area (TPSA) is 0 Å². The average molecular weight is 191 g/mol. The van der Waals surface area contributed by atoms with Crippen molar-refractivity contribution in [3.63, 3.8) is 0 Å². The van der Waals surface area contributed by atoms with Crippen LogP contribution < -0.4 is 12.4 Å². The monoisotopic (exact) mass is 190 g/mol. The Morgan fingerprint density at radius 2 is 1.82 bits per heavy atom. The molecule has 0 rings (SSSR count). The SMILES string of the molecule is CCCC[CH2][Al+][CH2]C(C)C.[Cl-]. The maximum Gasteiger partial charge on any atom is -1.00 e. The number of halogens is 1. The Hall–Kier alpha value is 0.822. The van der Waals surface area contributed by atoms with E-state index in [1.54, 1.807) is 0 Å². The predicted octanol–water partition coefficient (Wildman–Crippen LogP) is 0.377. The second-order valence-corrected chi connectivity index (χ2v) is 5.04. The molecule has 0 N–H and O–H groups in total. The van der Waals surface area contributed by atoms with Gasteiger partial charge in [0, 0.05) is 0 Å². The molecule has 0 unspecified atom stereocenters. The summed E-state index contributed by atoms with van der Waals surface area (Å²) in [5, 5.41) is 3.04. The van der Waals surface area contributed by atoms with Gasteiger partial charge in [-0.1, -0.05) is 0 Å². The molecule has 0 nitrogen and oxygen atoms in total. The van der Waals surface area contributed by atoms with E-state index in [1.165, 1.54) is 29.8 Å². The minimum absolute atomic E-state index is 0. The second-order valence-electron chi connectivity index (χ2n) is 3.41. The van der Waals surface area contributed by atoms with Gasteiger partial charge in [-0.25, -0.2) is 0 Å². The molecular formula is C9H20AlCl. The first-order valence-electron chi connectivity index (χ1n) is 4.59. The first-order chi connectivity index (χ1) is 4.77. The number of unbranched alkanes of at least 4 members (excludes halogenated alkanes) is 2. The Labute approximate surface area is 84.3 Å². The molecule has 0 aromatic rings. The van der Waals surface area contributed by atoms with Crippen molar-refractivity contribution in [3.05, 3.63) is 0 Å². The van der Waals surface area contributed by atoms with Gasteiger partial charge in [0.05, 0.1) is 0 Å². The molecule has 0 aromatic heterocycles. The molecular weight excluding hydrogens is 171 g/mol. The number of hydrogen-bond donors (Lipinski definition) is 0. The zero-order valence-corrected chi connectivity index (χ0v) is 9.98. The van der Waals surface area contributed by atoms with Gasteiger partial charge in [0.2, 0.25) is 0 Å². The molecule has 0 spiro atoms. The molecule has 0 fully saturated rings. The Balaban J connectivity index is 0. The summed E-state index contributed by atoms with van der Waals surface area (Å²) >= 11 is 0.783. The standard InChI is InChI=1S/C5H11.C4H9.Al.ClH/c1-3-5-4-2;1-4(2)3;;/h1,3-5H2,2H3;4H,1H2,2-3H3;;1H/q;;+1;/p-1. The van der Waals surface area contributed by atoms with Crippen LogP contribution in [0.15, 0.2) is 0 Å². The Bertz CT molecular complexity index is 64.6. The van der Waals surface area contributed by atoms with Crippen LogP contribution in [0.25, 0.3) is 0 Å². The van der Waals surface area contributed by atoms with Crippen molar-refractivity contribution in [3.8, 4) is 0 Å². The molecule has 66 valence electrons. The summed E-state index contributed by atoms with van der Waals surface area (Å²) in [4.78, 5) is 0. The molecule has 0 heterocycles. The third kappa shape index (κ3) is 13.8. The van der Waals surface area contributed by atoms with Crippen LogP contribution in [-0.4, -0.2) is 15.2 Å².